The van der Waals surface area contributed by atoms with E-state index in [-0.39, 0.29) is 0 Å². The lowest BCUT2D eigenvalue weighted by molar-refractivity contribution is -0.0206. The molecule has 1 heterocycles. The number of aliphatic hydroxyl groups is 1. The van der Waals surface area contributed by atoms with Crippen LogP contribution in [0.4, 0.5) is 0 Å². The van der Waals surface area contributed by atoms with Crippen molar-refractivity contribution in [2.24, 2.45) is 0 Å². The summed E-state index contributed by atoms with van der Waals surface area (Å²) in [6.45, 7) is 1.75. The SMILES string of the molecule is CN(CCc1ccccn1)CC1(O)CCCCC1. The first kappa shape index (κ1) is 13.5. The largest absolute Gasteiger partial charge is 0.389 e. The Balaban J connectivity index is 1.76. The Morgan fingerprint density at radius 2 is 2.06 bits per heavy atom. The molecule has 1 N–H and O–H groups in total. The van der Waals surface area contributed by atoms with E-state index in [0.717, 1.165) is 38.0 Å². The molecule has 0 bridgehead atoms. The van der Waals surface area contributed by atoms with Crippen LogP contribution >= 0.6 is 0 Å². The van der Waals surface area contributed by atoms with Crippen LogP contribution in [-0.4, -0.2) is 40.7 Å². The van der Waals surface area contributed by atoms with Crippen molar-refractivity contribution < 1.29 is 5.11 Å². The third kappa shape index (κ3) is 4.07. The van der Waals surface area contributed by atoms with Gasteiger partial charge in [-0.1, -0.05) is 25.3 Å². The summed E-state index contributed by atoms with van der Waals surface area (Å²) in [4.78, 5) is 6.56. The zero-order valence-corrected chi connectivity index (χ0v) is 11.3. The van der Waals surface area contributed by atoms with Gasteiger partial charge in [-0.15, -0.1) is 0 Å². The normalized spacial score (nSPS) is 19.1. The molecule has 1 fully saturated rings. The third-order valence-corrected chi connectivity index (χ3v) is 3.82. The van der Waals surface area contributed by atoms with E-state index in [9.17, 15) is 5.11 Å². The molecule has 0 radical (unpaired) electrons. The molecule has 0 spiro atoms. The summed E-state index contributed by atoms with van der Waals surface area (Å²) in [7, 11) is 2.09. The molecule has 1 aromatic heterocycles. The highest BCUT2D eigenvalue weighted by molar-refractivity contribution is 5.03. The minimum atomic E-state index is -0.447. The smallest absolute Gasteiger partial charge is 0.0774 e. The lowest BCUT2D eigenvalue weighted by atomic mass is 9.84. The van der Waals surface area contributed by atoms with E-state index >= 15 is 0 Å². The second-order valence-electron chi connectivity index (χ2n) is 5.59. The summed E-state index contributed by atoms with van der Waals surface area (Å²) in [6.07, 6.45) is 8.33. The number of hydrogen-bond acceptors (Lipinski definition) is 3. The Morgan fingerprint density at radius 3 is 2.72 bits per heavy atom. The van der Waals surface area contributed by atoms with Gasteiger partial charge in [0.05, 0.1) is 5.60 Å². The summed E-state index contributed by atoms with van der Waals surface area (Å²) in [5, 5.41) is 10.5. The molecule has 1 aromatic rings. The zero-order chi connectivity index (χ0) is 12.8. The van der Waals surface area contributed by atoms with Crippen LogP contribution in [0.25, 0.3) is 0 Å². The highest BCUT2D eigenvalue weighted by Gasteiger charge is 2.30. The van der Waals surface area contributed by atoms with Gasteiger partial charge in [0.25, 0.3) is 0 Å². The molecule has 0 aromatic carbocycles. The van der Waals surface area contributed by atoms with E-state index in [1.165, 1.54) is 19.3 Å². The third-order valence-electron chi connectivity index (χ3n) is 3.82. The van der Waals surface area contributed by atoms with Gasteiger partial charge in [0.2, 0.25) is 0 Å². The van der Waals surface area contributed by atoms with E-state index in [1.807, 2.05) is 18.3 Å². The van der Waals surface area contributed by atoms with E-state index in [0.29, 0.717) is 0 Å². The maximum Gasteiger partial charge on any atom is 0.0774 e. The number of likely N-dealkylation sites (N-methyl/N-ethyl adjacent to an activating group) is 1. The maximum absolute atomic E-state index is 10.5. The second-order valence-corrected chi connectivity index (χ2v) is 5.59. The van der Waals surface area contributed by atoms with Crippen molar-refractivity contribution in [2.75, 3.05) is 20.1 Å². The Labute approximate surface area is 110 Å². The first-order valence-electron chi connectivity index (χ1n) is 6.99. The first-order chi connectivity index (χ1) is 8.68. The van der Waals surface area contributed by atoms with Gasteiger partial charge in [0.15, 0.2) is 0 Å². The molecular formula is C15H24N2O. The lowest BCUT2D eigenvalue weighted by Crippen LogP contribution is -2.43. The summed E-state index contributed by atoms with van der Waals surface area (Å²) in [6, 6.07) is 6.03. The molecule has 0 amide bonds. The second kappa shape index (κ2) is 6.30. The number of aromatic nitrogens is 1. The van der Waals surface area contributed by atoms with Crippen molar-refractivity contribution in [3.63, 3.8) is 0 Å². The molecular weight excluding hydrogens is 224 g/mol. The maximum atomic E-state index is 10.5. The summed E-state index contributed by atoms with van der Waals surface area (Å²) in [5.74, 6) is 0. The van der Waals surface area contributed by atoms with Crippen LogP contribution in [0, 0.1) is 0 Å². The highest BCUT2D eigenvalue weighted by atomic mass is 16.3. The molecule has 3 nitrogen and oxygen atoms in total. The van der Waals surface area contributed by atoms with Crippen molar-refractivity contribution in [2.45, 2.75) is 44.1 Å². The fourth-order valence-corrected chi connectivity index (χ4v) is 2.80. The molecule has 1 saturated carbocycles. The lowest BCUT2D eigenvalue weighted by Gasteiger charge is -2.35. The minimum absolute atomic E-state index is 0.447. The number of pyridine rings is 1. The van der Waals surface area contributed by atoms with Gasteiger partial charge in [-0.3, -0.25) is 4.98 Å². The molecule has 2 rings (SSSR count). The molecule has 100 valence electrons. The van der Waals surface area contributed by atoms with Crippen LogP contribution in [-0.2, 0) is 6.42 Å². The number of rotatable bonds is 5. The summed E-state index contributed by atoms with van der Waals surface area (Å²) in [5.41, 5.74) is 0.678. The van der Waals surface area contributed by atoms with Crippen molar-refractivity contribution >= 4 is 0 Å². The average Bonchev–Trinajstić information content (AvgIpc) is 2.38. The topological polar surface area (TPSA) is 36.4 Å². The van der Waals surface area contributed by atoms with Crippen LogP contribution in [0.3, 0.4) is 0 Å². The Morgan fingerprint density at radius 1 is 1.28 bits per heavy atom. The van der Waals surface area contributed by atoms with E-state index in [1.54, 1.807) is 0 Å². The monoisotopic (exact) mass is 248 g/mol. The fourth-order valence-electron chi connectivity index (χ4n) is 2.80. The van der Waals surface area contributed by atoms with Gasteiger partial charge in [0.1, 0.15) is 0 Å². The molecule has 18 heavy (non-hydrogen) atoms. The van der Waals surface area contributed by atoms with Gasteiger partial charge < -0.3 is 10.0 Å². The quantitative estimate of drug-likeness (QED) is 0.868. The van der Waals surface area contributed by atoms with Crippen LogP contribution < -0.4 is 0 Å². The molecule has 0 aliphatic heterocycles. The number of hydrogen-bond donors (Lipinski definition) is 1. The van der Waals surface area contributed by atoms with Gasteiger partial charge in [-0.2, -0.15) is 0 Å². The summed E-state index contributed by atoms with van der Waals surface area (Å²) >= 11 is 0. The Kier molecular flexibility index (Phi) is 4.72. The van der Waals surface area contributed by atoms with Gasteiger partial charge in [0, 0.05) is 31.4 Å². The minimum Gasteiger partial charge on any atom is -0.389 e. The van der Waals surface area contributed by atoms with Crippen LogP contribution in [0.15, 0.2) is 24.4 Å². The van der Waals surface area contributed by atoms with Crippen molar-refractivity contribution in [1.82, 2.24) is 9.88 Å². The first-order valence-corrected chi connectivity index (χ1v) is 6.99. The predicted molar refractivity (Wildman–Crippen MR) is 73.5 cm³/mol. The summed E-state index contributed by atoms with van der Waals surface area (Å²) < 4.78 is 0. The van der Waals surface area contributed by atoms with Gasteiger partial charge in [-0.25, -0.2) is 0 Å². The molecule has 0 unspecified atom stereocenters. The fraction of sp³-hybridized carbons (Fsp3) is 0.667. The highest BCUT2D eigenvalue weighted by Crippen LogP contribution is 2.28. The van der Waals surface area contributed by atoms with Crippen molar-refractivity contribution in [1.29, 1.82) is 0 Å². The number of nitrogens with zero attached hydrogens (tertiary/aromatic N) is 2. The standard InChI is InChI=1S/C15H24N2O/c1-17(12-8-14-7-3-6-11-16-14)13-15(18)9-4-2-5-10-15/h3,6-7,11,18H,2,4-5,8-10,12-13H2,1H3. The van der Waals surface area contributed by atoms with Gasteiger partial charge >= 0.3 is 0 Å². The van der Waals surface area contributed by atoms with Crippen molar-refractivity contribution in [3.05, 3.63) is 30.1 Å². The molecule has 0 saturated heterocycles. The van der Waals surface area contributed by atoms with E-state index < -0.39 is 5.60 Å². The molecule has 1 aliphatic carbocycles. The average molecular weight is 248 g/mol. The molecule has 3 heteroatoms. The van der Waals surface area contributed by atoms with E-state index in [4.69, 9.17) is 0 Å². The van der Waals surface area contributed by atoms with Crippen LogP contribution in [0.2, 0.25) is 0 Å². The van der Waals surface area contributed by atoms with Crippen LogP contribution in [0.5, 0.6) is 0 Å². The Hall–Kier alpha value is -0.930. The molecule has 0 atom stereocenters. The van der Waals surface area contributed by atoms with Gasteiger partial charge in [-0.05, 0) is 32.0 Å². The molecule has 1 aliphatic rings. The Bertz CT molecular complexity index is 347. The zero-order valence-electron chi connectivity index (χ0n) is 11.3. The van der Waals surface area contributed by atoms with Crippen LogP contribution in [0.1, 0.15) is 37.8 Å². The van der Waals surface area contributed by atoms with Crippen molar-refractivity contribution in [3.8, 4) is 0 Å². The van der Waals surface area contributed by atoms with E-state index in [2.05, 4.69) is 23.0 Å². The predicted octanol–water partition coefficient (Wildman–Crippen LogP) is 2.25.